The quantitative estimate of drug-likeness (QED) is 0.702. The predicted octanol–water partition coefficient (Wildman–Crippen LogP) is 2.16. The molecule has 0 saturated heterocycles. The molecule has 62 valence electrons. The average Bonchev–Trinajstić information content (AvgIpc) is 2.31. The lowest BCUT2D eigenvalue weighted by Crippen LogP contribution is -2.04. The third kappa shape index (κ3) is 1.76. The molecule has 0 aromatic carbocycles. The van der Waals surface area contributed by atoms with E-state index in [1.165, 1.54) is 17.9 Å². The van der Waals surface area contributed by atoms with Crippen molar-refractivity contribution in [2.45, 2.75) is 20.3 Å². The zero-order chi connectivity index (χ0) is 8.27. The predicted molar refractivity (Wildman–Crippen MR) is 48.9 cm³/mol. The van der Waals surface area contributed by atoms with Crippen molar-refractivity contribution in [2.24, 2.45) is 7.05 Å². The number of hydrogen-bond donors (Lipinski definition) is 1. The van der Waals surface area contributed by atoms with E-state index >= 15 is 0 Å². The van der Waals surface area contributed by atoms with Crippen molar-refractivity contribution in [3.8, 4) is 0 Å². The van der Waals surface area contributed by atoms with Crippen LogP contribution in [0, 0.1) is 6.92 Å². The number of nitrogens with one attached hydrogen (secondary N) is 1. The highest BCUT2D eigenvalue weighted by atomic mass is 15.1. The van der Waals surface area contributed by atoms with Gasteiger partial charge in [-0.05, 0) is 25.5 Å². The molecular formula is C9H16N2. The van der Waals surface area contributed by atoms with Crippen molar-refractivity contribution < 1.29 is 0 Å². The second kappa shape index (κ2) is 3.46. The zero-order valence-electron chi connectivity index (χ0n) is 7.52. The van der Waals surface area contributed by atoms with E-state index in [0.717, 1.165) is 6.54 Å². The molecule has 0 fully saturated rings. The molecular weight excluding hydrogens is 136 g/mol. The molecule has 11 heavy (non-hydrogen) atoms. The Morgan fingerprint density at radius 2 is 2.18 bits per heavy atom. The van der Waals surface area contributed by atoms with Crippen molar-refractivity contribution in [1.82, 2.24) is 4.57 Å². The molecule has 0 atom stereocenters. The summed E-state index contributed by atoms with van der Waals surface area (Å²) in [5, 5.41) is 3.35. The first-order chi connectivity index (χ1) is 5.25. The zero-order valence-corrected chi connectivity index (χ0v) is 7.52. The molecule has 0 aliphatic rings. The van der Waals surface area contributed by atoms with E-state index in [4.69, 9.17) is 0 Å². The van der Waals surface area contributed by atoms with Gasteiger partial charge in [0.2, 0.25) is 0 Å². The van der Waals surface area contributed by atoms with Gasteiger partial charge in [0.25, 0.3) is 0 Å². The molecule has 2 heteroatoms. The van der Waals surface area contributed by atoms with Crippen LogP contribution in [0.25, 0.3) is 0 Å². The van der Waals surface area contributed by atoms with Crippen molar-refractivity contribution in [2.75, 3.05) is 11.9 Å². The second-order valence-electron chi connectivity index (χ2n) is 2.85. The van der Waals surface area contributed by atoms with Crippen molar-refractivity contribution in [3.05, 3.63) is 17.8 Å². The molecule has 0 radical (unpaired) electrons. The molecule has 1 N–H and O–H groups in total. The highest BCUT2D eigenvalue weighted by Gasteiger charge is 1.97. The summed E-state index contributed by atoms with van der Waals surface area (Å²) in [7, 11) is 2.08. The fourth-order valence-corrected chi connectivity index (χ4v) is 1.04. The van der Waals surface area contributed by atoms with Crippen LogP contribution in [-0.4, -0.2) is 11.1 Å². The Kier molecular flexibility index (Phi) is 2.58. The average molecular weight is 152 g/mol. The monoisotopic (exact) mass is 152 g/mol. The van der Waals surface area contributed by atoms with Crippen LogP contribution in [0.1, 0.15) is 19.0 Å². The van der Waals surface area contributed by atoms with E-state index in [0.29, 0.717) is 0 Å². The van der Waals surface area contributed by atoms with E-state index in [1.54, 1.807) is 0 Å². The van der Waals surface area contributed by atoms with E-state index in [-0.39, 0.29) is 0 Å². The lowest BCUT2D eigenvalue weighted by Gasteiger charge is -2.06. The minimum absolute atomic E-state index is 1.05. The molecule has 1 aromatic heterocycles. The molecule has 1 rings (SSSR count). The van der Waals surface area contributed by atoms with Crippen molar-refractivity contribution in [3.63, 3.8) is 0 Å². The van der Waals surface area contributed by atoms with Gasteiger partial charge in [0.1, 0.15) is 5.82 Å². The fourth-order valence-electron chi connectivity index (χ4n) is 1.04. The third-order valence-electron chi connectivity index (χ3n) is 1.93. The first-order valence-corrected chi connectivity index (χ1v) is 4.12. The number of hydrogen-bond acceptors (Lipinski definition) is 1. The number of rotatable bonds is 3. The van der Waals surface area contributed by atoms with Gasteiger partial charge in [0, 0.05) is 19.3 Å². The Labute approximate surface area is 68.2 Å². The van der Waals surface area contributed by atoms with E-state index in [2.05, 4.69) is 42.9 Å². The van der Waals surface area contributed by atoms with Crippen LogP contribution in [0.4, 0.5) is 5.82 Å². The largest absolute Gasteiger partial charge is 0.371 e. The first kappa shape index (κ1) is 8.18. The summed E-state index contributed by atoms with van der Waals surface area (Å²) in [4.78, 5) is 0. The summed E-state index contributed by atoms with van der Waals surface area (Å²) in [6, 6.07) is 4.24. The molecule has 2 nitrogen and oxygen atoms in total. The van der Waals surface area contributed by atoms with Gasteiger partial charge in [-0.15, -0.1) is 0 Å². The summed E-state index contributed by atoms with van der Waals surface area (Å²) in [5.41, 5.74) is 1.30. The Balaban J connectivity index is 2.63. The van der Waals surface area contributed by atoms with Gasteiger partial charge in [-0.25, -0.2) is 0 Å². The summed E-state index contributed by atoms with van der Waals surface area (Å²) in [5.74, 6) is 1.21. The molecule has 0 bridgehead atoms. The maximum Gasteiger partial charge on any atom is 0.105 e. The summed E-state index contributed by atoms with van der Waals surface area (Å²) in [6.45, 7) is 5.33. The van der Waals surface area contributed by atoms with Crippen LogP contribution in [0.15, 0.2) is 12.1 Å². The van der Waals surface area contributed by atoms with Crippen LogP contribution in [0.5, 0.6) is 0 Å². The van der Waals surface area contributed by atoms with Gasteiger partial charge in [-0.3, -0.25) is 0 Å². The smallest absolute Gasteiger partial charge is 0.105 e. The van der Waals surface area contributed by atoms with Gasteiger partial charge in [-0.1, -0.05) is 6.92 Å². The molecule has 0 saturated carbocycles. The van der Waals surface area contributed by atoms with Crippen molar-refractivity contribution >= 4 is 5.82 Å². The molecule has 0 aliphatic carbocycles. The summed E-state index contributed by atoms with van der Waals surface area (Å²) in [6.07, 6.45) is 1.17. The Morgan fingerprint density at radius 3 is 2.64 bits per heavy atom. The highest BCUT2D eigenvalue weighted by molar-refractivity contribution is 5.38. The number of aromatic nitrogens is 1. The van der Waals surface area contributed by atoms with Crippen LogP contribution in [0.2, 0.25) is 0 Å². The number of anilines is 1. The van der Waals surface area contributed by atoms with Gasteiger partial charge in [0.15, 0.2) is 0 Å². The van der Waals surface area contributed by atoms with Gasteiger partial charge < -0.3 is 9.88 Å². The highest BCUT2D eigenvalue weighted by Crippen LogP contribution is 2.10. The normalized spacial score (nSPS) is 10.1. The topological polar surface area (TPSA) is 17.0 Å². The van der Waals surface area contributed by atoms with Crippen LogP contribution in [0.3, 0.4) is 0 Å². The SMILES string of the molecule is CCCNc1ccc(C)n1C. The maximum absolute atomic E-state index is 3.35. The minimum atomic E-state index is 1.05. The van der Waals surface area contributed by atoms with E-state index < -0.39 is 0 Å². The lowest BCUT2D eigenvalue weighted by atomic mass is 10.5. The Morgan fingerprint density at radius 1 is 1.45 bits per heavy atom. The molecule has 0 amide bonds. The molecule has 0 unspecified atom stereocenters. The molecule has 0 aliphatic heterocycles. The first-order valence-electron chi connectivity index (χ1n) is 4.12. The maximum atomic E-state index is 3.35. The van der Waals surface area contributed by atoms with Crippen LogP contribution in [-0.2, 0) is 7.05 Å². The van der Waals surface area contributed by atoms with E-state index in [9.17, 15) is 0 Å². The summed E-state index contributed by atoms with van der Waals surface area (Å²) < 4.78 is 2.16. The van der Waals surface area contributed by atoms with Crippen LogP contribution >= 0.6 is 0 Å². The van der Waals surface area contributed by atoms with Crippen LogP contribution < -0.4 is 5.32 Å². The minimum Gasteiger partial charge on any atom is -0.371 e. The third-order valence-corrected chi connectivity index (χ3v) is 1.93. The number of aryl methyl sites for hydroxylation is 1. The van der Waals surface area contributed by atoms with Crippen molar-refractivity contribution in [1.29, 1.82) is 0 Å². The fraction of sp³-hybridized carbons (Fsp3) is 0.556. The van der Waals surface area contributed by atoms with Gasteiger partial charge >= 0.3 is 0 Å². The van der Waals surface area contributed by atoms with Gasteiger partial charge in [-0.2, -0.15) is 0 Å². The summed E-state index contributed by atoms with van der Waals surface area (Å²) >= 11 is 0. The lowest BCUT2D eigenvalue weighted by molar-refractivity contribution is 0.864. The Bertz CT molecular complexity index is 225. The number of nitrogens with zero attached hydrogens (tertiary/aromatic N) is 1. The Hall–Kier alpha value is -0.920. The van der Waals surface area contributed by atoms with E-state index in [1.807, 2.05) is 0 Å². The molecule has 1 aromatic rings. The standard InChI is InChI=1S/C9H16N2/c1-4-7-10-9-6-5-8(2)11(9)3/h5-6,10H,4,7H2,1-3H3. The molecule has 0 spiro atoms. The van der Waals surface area contributed by atoms with Gasteiger partial charge in [0.05, 0.1) is 0 Å². The second-order valence-corrected chi connectivity index (χ2v) is 2.85. The molecule has 1 heterocycles.